The van der Waals surface area contributed by atoms with Crippen LogP contribution in [0.3, 0.4) is 0 Å². The van der Waals surface area contributed by atoms with Crippen molar-refractivity contribution in [1.29, 1.82) is 0 Å². The molecule has 0 amide bonds. The quantitative estimate of drug-likeness (QED) is 0.217. The first kappa shape index (κ1) is 27.3. The SMILES string of the molecule is CC(C)(C)C(=O)n1nc(-c2c(-c3ccccc3)ccn(CC(=O)c3cnco3)c2=O)cc1NCc1ccc(Cl)s1. The molecule has 0 fully saturated rings. The third kappa shape index (κ3) is 5.68. The highest BCUT2D eigenvalue weighted by Crippen LogP contribution is 2.32. The summed E-state index contributed by atoms with van der Waals surface area (Å²) in [6, 6.07) is 16.6. The van der Waals surface area contributed by atoms with E-state index in [9.17, 15) is 14.4 Å². The number of aromatic nitrogens is 4. The first-order chi connectivity index (χ1) is 19.1. The van der Waals surface area contributed by atoms with Gasteiger partial charge in [0, 0.05) is 22.6 Å². The van der Waals surface area contributed by atoms with E-state index in [0.29, 0.717) is 28.0 Å². The van der Waals surface area contributed by atoms with Crippen LogP contribution in [0.5, 0.6) is 0 Å². The van der Waals surface area contributed by atoms with Crippen molar-refractivity contribution in [2.24, 2.45) is 5.41 Å². The number of hydrogen-bond donors (Lipinski definition) is 1. The van der Waals surface area contributed by atoms with Gasteiger partial charge in [-0.3, -0.25) is 14.4 Å². The van der Waals surface area contributed by atoms with Gasteiger partial charge in [-0.2, -0.15) is 9.78 Å². The molecular formula is C29H26ClN5O4S. The molecule has 5 rings (SSSR count). The lowest BCUT2D eigenvalue weighted by atomic mass is 9.96. The van der Waals surface area contributed by atoms with Crippen LogP contribution in [-0.2, 0) is 13.1 Å². The zero-order chi connectivity index (χ0) is 28.4. The molecular weight excluding hydrogens is 550 g/mol. The van der Waals surface area contributed by atoms with Gasteiger partial charge in [0.05, 0.1) is 29.2 Å². The van der Waals surface area contributed by atoms with Crippen LogP contribution < -0.4 is 10.9 Å². The molecule has 1 N–H and O–H groups in total. The van der Waals surface area contributed by atoms with Crippen molar-refractivity contribution in [3.05, 3.63) is 98.7 Å². The standard InChI is InChI=1S/C29H26ClN5O4S/c1-29(2,3)28(38)35-25(32-14-19-9-10-24(30)40-19)13-21(33-35)26-20(18-7-5-4-6-8-18)11-12-34(27(26)37)16-22(36)23-15-31-17-39-23/h4-13,15,17,32H,14,16H2,1-3H3. The summed E-state index contributed by atoms with van der Waals surface area (Å²) in [6.45, 7) is 5.58. The van der Waals surface area contributed by atoms with Crippen LogP contribution >= 0.6 is 22.9 Å². The number of nitrogens with one attached hydrogen (secondary N) is 1. The van der Waals surface area contributed by atoms with Gasteiger partial charge < -0.3 is 14.3 Å². The van der Waals surface area contributed by atoms with Crippen LogP contribution in [0.2, 0.25) is 4.34 Å². The number of halogens is 1. The lowest BCUT2D eigenvalue weighted by Crippen LogP contribution is -2.29. The number of ketones is 1. The minimum atomic E-state index is -0.741. The number of nitrogens with zero attached hydrogens (tertiary/aromatic N) is 4. The topological polar surface area (TPSA) is 112 Å². The fraction of sp³-hybridized carbons (Fsp3) is 0.207. The predicted molar refractivity (Wildman–Crippen MR) is 155 cm³/mol. The van der Waals surface area contributed by atoms with Gasteiger partial charge in [-0.15, -0.1) is 11.3 Å². The molecule has 1 aromatic carbocycles. The second-order valence-corrected chi connectivity index (χ2v) is 11.9. The van der Waals surface area contributed by atoms with Gasteiger partial charge in [-0.05, 0) is 29.3 Å². The lowest BCUT2D eigenvalue weighted by Gasteiger charge is -2.18. The number of rotatable bonds is 8. The van der Waals surface area contributed by atoms with Crippen LogP contribution in [0.4, 0.5) is 5.82 Å². The molecule has 204 valence electrons. The van der Waals surface area contributed by atoms with E-state index >= 15 is 0 Å². The molecule has 0 spiro atoms. The summed E-state index contributed by atoms with van der Waals surface area (Å²) in [5.41, 5.74) is 0.811. The zero-order valence-corrected chi connectivity index (χ0v) is 23.6. The van der Waals surface area contributed by atoms with Crippen molar-refractivity contribution in [2.45, 2.75) is 33.9 Å². The molecule has 0 radical (unpaired) electrons. The van der Waals surface area contributed by atoms with Crippen molar-refractivity contribution >= 4 is 40.4 Å². The van der Waals surface area contributed by atoms with Gasteiger partial charge in [-0.25, -0.2) is 4.98 Å². The normalized spacial score (nSPS) is 11.5. The number of pyridine rings is 1. The summed E-state index contributed by atoms with van der Waals surface area (Å²) in [4.78, 5) is 44.9. The number of Topliss-reactive ketones (excluding diaryl/α,β-unsaturated/α-hetero) is 1. The molecule has 40 heavy (non-hydrogen) atoms. The fourth-order valence-corrected chi connectivity index (χ4v) is 5.14. The molecule has 0 aliphatic carbocycles. The maximum Gasteiger partial charge on any atom is 0.261 e. The summed E-state index contributed by atoms with van der Waals surface area (Å²) in [5, 5.41) is 7.92. The average Bonchev–Trinajstić information content (AvgIpc) is 3.69. The average molecular weight is 576 g/mol. The largest absolute Gasteiger partial charge is 0.440 e. The number of hydrogen-bond acceptors (Lipinski definition) is 8. The Balaban J connectivity index is 1.63. The van der Waals surface area contributed by atoms with Crippen molar-refractivity contribution in [3.63, 3.8) is 0 Å². The van der Waals surface area contributed by atoms with E-state index < -0.39 is 16.8 Å². The van der Waals surface area contributed by atoms with E-state index in [0.717, 1.165) is 16.8 Å². The highest BCUT2D eigenvalue weighted by Gasteiger charge is 2.28. The second-order valence-electron chi connectivity index (χ2n) is 10.1. The monoisotopic (exact) mass is 575 g/mol. The van der Waals surface area contributed by atoms with E-state index in [1.807, 2.05) is 42.5 Å². The van der Waals surface area contributed by atoms with Crippen molar-refractivity contribution in [2.75, 3.05) is 5.32 Å². The van der Waals surface area contributed by atoms with Crippen LogP contribution in [-0.4, -0.2) is 31.0 Å². The first-order valence-electron chi connectivity index (χ1n) is 12.5. The van der Waals surface area contributed by atoms with E-state index in [-0.39, 0.29) is 23.8 Å². The molecule has 0 saturated heterocycles. The second kappa shape index (κ2) is 11.1. The molecule has 4 aromatic heterocycles. The Morgan fingerprint density at radius 2 is 1.88 bits per heavy atom. The Hall–Kier alpha value is -4.28. The van der Waals surface area contributed by atoms with Gasteiger partial charge in [0.15, 0.2) is 12.2 Å². The molecule has 0 unspecified atom stereocenters. The van der Waals surface area contributed by atoms with E-state index in [1.54, 1.807) is 39.1 Å². The van der Waals surface area contributed by atoms with Crippen molar-refractivity contribution in [1.82, 2.24) is 19.3 Å². The predicted octanol–water partition coefficient (Wildman–Crippen LogP) is 6.26. The Morgan fingerprint density at radius 3 is 2.52 bits per heavy atom. The number of anilines is 1. The minimum Gasteiger partial charge on any atom is -0.440 e. The number of carbonyl (C=O) groups excluding carboxylic acids is 2. The molecule has 0 saturated carbocycles. The van der Waals surface area contributed by atoms with E-state index in [1.165, 1.54) is 26.8 Å². The lowest BCUT2D eigenvalue weighted by molar-refractivity contribution is 0.0752. The Morgan fingerprint density at radius 1 is 1.10 bits per heavy atom. The minimum absolute atomic E-state index is 0.0563. The molecule has 0 atom stereocenters. The smallest absolute Gasteiger partial charge is 0.261 e. The van der Waals surface area contributed by atoms with Crippen LogP contribution in [0, 0.1) is 5.41 Å². The Bertz CT molecular complexity index is 1730. The third-order valence-electron chi connectivity index (χ3n) is 6.14. The van der Waals surface area contributed by atoms with Gasteiger partial charge >= 0.3 is 0 Å². The fourth-order valence-electron chi connectivity index (χ4n) is 4.12. The maximum atomic E-state index is 13.9. The summed E-state index contributed by atoms with van der Waals surface area (Å²) < 4.78 is 8.38. The Labute approximate surface area is 239 Å². The van der Waals surface area contributed by atoms with E-state index in [2.05, 4.69) is 15.4 Å². The molecule has 0 aliphatic rings. The third-order valence-corrected chi connectivity index (χ3v) is 7.37. The van der Waals surface area contributed by atoms with Gasteiger partial charge in [0.25, 0.3) is 11.5 Å². The molecule has 0 bridgehead atoms. The maximum absolute atomic E-state index is 13.9. The first-order valence-corrected chi connectivity index (χ1v) is 13.6. The van der Waals surface area contributed by atoms with Crippen molar-refractivity contribution < 1.29 is 14.0 Å². The van der Waals surface area contributed by atoms with Gasteiger partial charge in [0.2, 0.25) is 5.78 Å². The number of oxazole rings is 1. The summed E-state index contributed by atoms with van der Waals surface area (Å²) in [5.74, 6) is -0.154. The van der Waals surface area contributed by atoms with Crippen molar-refractivity contribution in [3.8, 4) is 22.4 Å². The Kier molecular flexibility index (Phi) is 7.55. The highest BCUT2D eigenvalue weighted by molar-refractivity contribution is 7.16. The molecule has 9 nitrogen and oxygen atoms in total. The number of thiophene rings is 1. The number of benzene rings is 1. The van der Waals surface area contributed by atoms with E-state index in [4.69, 9.17) is 16.0 Å². The highest BCUT2D eigenvalue weighted by atomic mass is 35.5. The number of carbonyl (C=O) groups is 2. The van der Waals surface area contributed by atoms with Crippen LogP contribution in [0.1, 0.15) is 41.0 Å². The van der Waals surface area contributed by atoms with Gasteiger partial charge in [-0.1, -0.05) is 62.7 Å². The van der Waals surface area contributed by atoms with Crippen LogP contribution in [0.15, 0.2) is 82.6 Å². The summed E-state index contributed by atoms with van der Waals surface area (Å²) >= 11 is 7.52. The molecule has 0 aliphatic heterocycles. The molecule has 11 heteroatoms. The van der Waals surface area contributed by atoms with Gasteiger partial charge in [0.1, 0.15) is 11.5 Å². The molecule has 4 heterocycles. The zero-order valence-electron chi connectivity index (χ0n) is 22.1. The molecule has 5 aromatic rings. The summed E-state index contributed by atoms with van der Waals surface area (Å²) in [6.07, 6.45) is 4.04. The summed E-state index contributed by atoms with van der Waals surface area (Å²) in [7, 11) is 0. The van der Waals surface area contributed by atoms with Crippen LogP contribution in [0.25, 0.3) is 22.4 Å².